The van der Waals surface area contributed by atoms with E-state index in [0.717, 1.165) is 5.69 Å². The summed E-state index contributed by atoms with van der Waals surface area (Å²) in [5, 5.41) is 10.5. The first-order valence-corrected chi connectivity index (χ1v) is 9.60. The van der Waals surface area contributed by atoms with E-state index in [4.69, 9.17) is 0 Å². The number of rotatable bonds is 10. The Morgan fingerprint density at radius 2 is 1.30 bits per heavy atom. The Morgan fingerprint density at radius 1 is 0.767 bits per heavy atom. The van der Waals surface area contributed by atoms with Crippen molar-refractivity contribution >= 4 is 35.4 Å². The van der Waals surface area contributed by atoms with E-state index in [-0.39, 0.29) is 43.7 Å². The fourth-order valence-corrected chi connectivity index (χ4v) is 2.25. The summed E-state index contributed by atoms with van der Waals surface area (Å²) in [7, 11) is 1.91. The standard InChI is InChI=1S/C15H19N3O4.C7H9N/c19-10-9-16-13(20)7-4-8-14(21)17-11-15(22)18-12-5-2-1-3-6-12;1-8-7-5-3-2-4-6-7/h1-3,5-6,10H,4,7-9,11H2,(H,16,20)(H,17,21)(H,18,22);2-6,8H,1H3. The molecule has 160 valence electrons. The average Bonchev–Trinajstić information content (AvgIpc) is 2.78. The predicted molar refractivity (Wildman–Crippen MR) is 117 cm³/mol. The third-order valence-corrected chi connectivity index (χ3v) is 3.76. The first-order valence-electron chi connectivity index (χ1n) is 9.60. The van der Waals surface area contributed by atoms with Gasteiger partial charge >= 0.3 is 0 Å². The summed E-state index contributed by atoms with van der Waals surface area (Å²) < 4.78 is 0. The number of hydrogen-bond acceptors (Lipinski definition) is 5. The monoisotopic (exact) mass is 412 g/mol. The highest BCUT2D eigenvalue weighted by Gasteiger charge is 2.07. The topological polar surface area (TPSA) is 116 Å². The Bertz CT molecular complexity index is 782. The minimum Gasteiger partial charge on any atom is -0.388 e. The third kappa shape index (κ3) is 11.9. The van der Waals surface area contributed by atoms with Crippen molar-refractivity contribution in [2.45, 2.75) is 19.3 Å². The van der Waals surface area contributed by atoms with Crippen LogP contribution in [0.5, 0.6) is 0 Å². The van der Waals surface area contributed by atoms with Crippen LogP contribution in [0.15, 0.2) is 60.7 Å². The average molecular weight is 412 g/mol. The molecular weight excluding hydrogens is 384 g/mol. The fourth-order valence-electron chi connectivity index (χ4n) is 2.25. The van der Waals surface area contributed by atoms with Gasteiger partial charge in [0.1, 0.15) is 6.29 Å². The van der Waals surface area contributed by atoms with Gasteiger partial charge in [0.15, 0.2) is 0 Å². The molecule has 2 aromatic carbocycles. The maximum atomic E-state index is 11.6. The first-order chi connectivity index (χ1) is 14.5. The van der Waals surface area contributed by atoms with Crippen molar-refractivity contribution in [1.29, 1.82) is 0 Å². The van der Waals surface area contributed by atoms with Gasteiger partial charge in [-0.3, -0.25) is 14.4 Å². The Balaban J connectivity index is 0.000000467. The maximum absolute atomic E-state index is 11.6. The minimum atomic E-state index is -0.316. The second-order valence-electron chi connectivity index (χ2n) is 6.13. The van der Waals surface area contributed by atoms with E-state index in [2.05, 4.69) is 21.3 Å². The molecule has 0 unspecified atom stereocenters. The number of benzene rings is 2. The summed E-state index contributed by atoms with van der Waals surface area (Å²) in [6.45, 7) is -0.143. The normalized spacial score (nSPS) is 9.37. The van der Waals surface area contributed by atoms with Crippen LogP contribution in [0.4, 0.5) is 11.4 Å². The molecular formula is C22H28N4O4. The van der Waals surface area contributed by atoms with Gasteiger partial charge in [-0.25, -0.2) is 0 Å². The minimum absolute atomic E-state index is 0.0231. The summed E-state index contributed by atoms with van der Waals surface area (Å²) in [6.07, 6.45) is 1.26. The lowest BCUT2D eigenvalue weighted by Crippen LogP contribution is -2.33. The van der Waals surface area contributed by atoms with Crippen molar-refractivity contribution < 1.29 is 19.2 Å². The second kappa shape index (κ2) is 15.3. The molecule has 0 radical (unpaired) electrons. The molecule has 3 amide bonds. The largest absolute Gasteiger partial charge is 0.388 e. The molecule has 0 saturated heterocycles. The molecule has 2 aromatic rings. The van der Waals surface area contributed by atoms with Crippen LogP contribution >= 0.6 is 0 Å². The van der Waals surface area contributed by atoms with Crippen molar-refractivity contribution in [2.75, 3.05) is 30.8 Å². The zero-order valence-corrected chi connectivity index (χ0v) is 17.0. The number of nitrogens with one attached hydrogen (secondary N) is 4. The van der Waals surface area contributed by atoms with Crippen LogP contribution < -0.4 is 21.3 Å². The second-order valence-corrected chi connectivity index (χ2v) is 6.13. The molecule has 2 rings (SSSR count). The Labute approximate surface area is 176 Å². The Morgan fingerprint density at radius 3 is 1.80 bits per heavy atom. The molecule has 30 heavy (non-hydrogen) atoms. The van der Waals surface area contributed by atoms with Gasteiger partial charge in [0, 0.05) is 31.3 Å². The van der Waals surface area contributed by atoms with Crippen molar-refractivity contribution in [2.24, 2.45) is 0 Å². The third-order valence-electron chi connectivity index (χ3n) is 3.76. The lowest BCUT2D eigenvalue weighted by atomic mass is 10.2. The summed E-state index contributed by atoms with van der Waals surface area (Å²) in [5.41, 5.74) is 1.82. The van der Waals surface area contributed by atoms with E-state index < -0.39 is 0 Å². The summed E-state index contributed by atoms with van der Waals surface area (Å²) >= 11 is 0. The van der Waals surface area contributed by atoms with E-state index in [1.165, 1.54) is 0 Å². The van der Waals surface area contributed by atoms with Gasteiger partial charge < -0.3 is 26.1 Å². The molecule has 0 fully saturated rings. The van der Waals surface area contributed by atoms with E-state index in [1.54, 1.807) is 24.3 Å². The van der Waals surface area contributed by atoms with Gasteiger partial charge in [-0.05, 0) is 30.7 Å². The van der Waals surface area contributed by atoms with E-state index in [0.29, 0.717) is 18.4 Å². The number of hydrogen-bond donors (Lipinski definition) is 4. The molecule has 0 bridgehead atoms. The van der Waals surface area contributed by atoms with Gasteiger partial charge in [-0.1, -0.05) is 36.4 Å². The van der Waals surface area contributed by atoms with Gasteiger partial charge in [-0.15, -0.1) is 0 Å². The van der Waals surface area contributed by atoms with Crippen molar-refractivity contribution in [3.05, 3.63) is 60.7 Å². The van der Waals surface area contributed by atoms with Gasteiger partial charge in [-0.2, -0.15) is 0 Å². The summed E-state index contributed by atoms with van der Waals surface area (Å²) in [5.74, 6) is -0.892. The smallest absolute Gasteiger partial charge is 0.243 e. The number of carbonyl (C=O) groups is 4. The van der Waals surface area contributed by atoms with Crippen LogP contribution in [0, 0.1) is 0 Å². The van der Waals surface area contributed by atoms with Gasteiger partial charge in [0.05, 0.1) is 13.1 Å². The van der Waals surface area contributed by atoms with Crippen LogP contribution in [0.1, 0.15) is 19.3 Å². The highest BCUT2D eigenvalue weighted by Crippen LogP contribution is 2.04. The summed E-state index contributed by atoms with van der Waals surface area (Å²) in [6, 6.07) is 19.0. The van der Waals surface area contributed by atoms with E-state index >= 15 is 0 Å². The number of aldehydes is 1. The molecule has 0 aromatic heterocycles. The van der Waals surface area contributed by atoms with Crippen LogP contribution in [-0.4, -0.2) is 44.1 Å². The molecule has 0 aliphatic rings. The first kappa shape index (κ1) is 24.4. The lowest BCUT2D eigenvalue weighted by molar-refractivity contribution is -0.125. The molecule has 8 nitrogen and oxygen atoms in total. The van der Waals surface area contributed by atoms with Crippen LogP contribution in [-0.2, 0) is 19.2 Å². The predicted octanol–water partition coefficient (Wildman–Crippen LogP) is 1.95. The zero-order valence-electron chi connectivity index (χ0n) is 17.0. The van der Waals surface area contributed by atoms with Crippen molar-refractivity contribution in [1.82, 2.24) is 10.6 Å². The van der Waals surface area contributed by atoms with Crippen molar-refractivity contribution in [3.8, 4) is 0 Å². The van der Waals surface area contributed by atoms with Crippen LogP contribution in [0.3, 0.4) is 0 Å². The number of carbonyl (C=O) groups excluding carboxylic acids is 4. The molecule has 0 aliphatic carbocycles. The number of anilines is 2. The molecule has 0 saturated carbocycles. The van der Waals surface area contributed by atoms with Crippen LogP contribution in [0.25, 0.3) is 0 Å². The Kier molecular flexibility index (Phi) is 12.4. The molecule has 0 spiro atoms. The quantitative estimate of drug-likeness (QED) is 0.445. The highest BCUT2D eigenvalue weighted by atomic mass is 16.2. The zero-order chi connectivity index (χ0) is 22.0. The van der Waals surface area contributed by atoms with E-state index in [9.17, 15) is 19.2 Å². The molecule has 4 N–H and O–H groups in total. The fraction of sp³-hybridized carbons (Fsp3) is 0.273. The molecule has 8 heteroatoms. The van der Waals surface area contributed by atoms with Gasteiger partial charge in [0.2, 0.25) is 17.7 Å². The maximum Gasteiger partial charge on any atom is 0.243 e. The number of amides is 3. The summed E-state index contributed by atoms with van der Waals surface area (Å²) in [4.78, 5) is 44.4. The van der Waals surface area contributed by atoms with E-state index in [1.807, 2.05) is 43.4 Å². The SMILES string of the molecule is CNc1ccccc1.O=CCNC(=O)CCCC(=O)NCC(=O)Nc1ccccc1. The molecule has 0 atom stereocenters. The van der Waals surface area contributed by atoms with Gasteiger partial charge in [0.25, 0.3) is 0 Å². The Hall–Kier alpha value is -3.68. The highest BCUT2D eigenvalue weighted by molar-refractivity contribution is 5.94. The number of para-hydroxylation sites is 2. The van der Waals surface area contributed by atoms with Crippen LogP contribution in [0.2, 0.25) is 0 Å². The molecule has 0 aliphatic heterocycles. The van der Waals surface area contributed by atoms with Crippen molar-refractivity contribution in [3.63, 3.8) is 0 Å². The molecule has 0 heterocycles. The lowest BCUT2D eigenvalue weighted by Gasteiger charge is -2.07.